The van der Waals surface area contributed by atoms with Crippen molar-refractivity contribution in [2.75, 3.05) is 5.73 Å². The molecular formula is C14H14BrFN2O. The number of halogens is 2. The summed E-state index contributed by atoms with van der Waals surface area (Å²) in [5, 5.41) is 0. The van der Waals surface area contributed by atoms with Gasteiger partial charge in [0.2, 0.25) is 0 Å². The Morgan fingerprint density at radius 3 is 2.74 bits per heavy atom. The number of nitrogens with two attached hydrogens (primary N) is 1. The Hall–Kier alpha value is -1.62. The molecule has 0 aliphatic carbocycles. The molecule has 100 valence electrons. The molecule has 1 heterocycles. The van der Waals surface area contributed by atoms with Crippen LogP contribution in [0.1, 0.15) is 16.7 Å². The largest absolute Gasteiger partial charge is 0.397 e. The summed E-state index contributed by atoms with van der Waals surface area (Å²) in [5.74, 6) is -0.312. The first-order valence-electron chi connectivity index (χ1n) is 5.80. The third kappa shape index (κ3) is 2.71. The van der Waals surface area contributed by atoms with Crippen LogP contribution in [0.5, 0.6) is 0 Å². The zero-order valence-corrected chi connectivity index (χ0v) is 12.3. The van der Waals surface area contributed by atoms with E-state index in [0.29, 0.717) is 16.7 Å². The number of nitrogens with zero attached hydrogens (tertiary/aromatic N) is 1. The maximum absolute atomic E-state index is 13.3. The third-order valence-corrected chi connectivity index (χ3v) is 4.09. The lowest BCUT2D eigenvalue weighted by Crippen LogP contribution is -2.23. The fourth-order valence-corrected chi connectivity index (χ4v) is 2.30. The monoisotopic (exact) mass is 324 g/mol. The molecule has 2 rings (SSSR count). The second kappa shape index (κ2) is 5.17. The molecule has 0 saturated carbocycles. The van der Waals surface area contributed by atoms with Crippen molar-refractivity contribution >= 4 is 21.6 Å². The van der Waals surface area contributed by atoms with Gasteiger partial charge in [0.25, 0.3) is 5.56 Å². The van der Waals surface area contributed by atoms with Gasteiger partial charge in [-0.2, -0.15) is 0 Å². The van der Waals surface area contributed by atoms with E-state index in [1.165, 1.54) is 16.7 Å². The maximum atomic E-state index is 13.3. The number of rotatable bonds is 2. The van der Waals surface area contributed by atoms with Gasteiger partial charge in [-0.1, -0.05) is 6.07 Å². The number of aryl methyl sites for hydroxylation is 1. The normalized spacial score (nSPS) is 10.7. The van der Waals surface area contributed by atoms with Gasteiger partial charge in [-0.25, -0.2) is 4.39 Å². The Bertz CT molecular complexity index is 695. The van der Waals surface area contributed by atoms with Crippen molar-refractivity contribution in [1.29, 1.82) is 0 Å². The molecular weight excluding hydrogens is 311 g/mol. The van der Waals surface area contributed by atoms with E-state index in [4.69, 9.17) is 5.73 Å². The number of nitrogen functional groups attached to an aromatic ring is 1. The van der Waals surface area contributed by atoms with Crippen LogP contribution in [0, 0.1) is 19.7 Å². The van der Waals surface area contributed by atoms with Crippen molar-refractivity contribution < 1.29 is 4.39 Å². The van der Waals surface area contributed by atoms with Crippen LogP contribution in [0.3, 0.4) is 0 Å². The molecule has 0 fully saturated rings. The molecule has 0 spiro atoms. The summed E-state index contributed by atoms with van der Waals surface area (Å²) >= 11 is 3.24. The van der Waals surface area contributed by atoms with Crippen molar-refractivity contribution in [3.8, 4) is 0 Å². The van der Waals surface area contributed by atoms with Crippen LogP contribution >= 0.6 is 15.9 Å². The molecule has 0 saturated heterocycles. The Kier molecular flexibility index (Phi) is 3.75. The van der Waals surface area contributed by atoms with E-state index in [9.17, 15) is 9.18 Å². The summed E-state index contributed by atoms with van der Waals surface area (Å²) in [6.07, 6.45) is 1.59. The molecule has 3 nitrogen and oxygen atoms in total. The van der Waals surface area contributed by atoms with Crippen LogP contribution in [0.4, 0.5) is 10.1 Å². The smallest absolute Gasteiger partial charge is 0.265 e. The van der Waals surface area contributed by atoms with Gasteiger partial charge in [-0.15, -0.1) is 0 Å². The first-order valence-corrected chi connectivity index (χ1v) is 6.59. The molecule has 0 radical (unpaired) electrons. The molecule has 0 atom stereocenters. The molecule has 0 aliphatic heterocycles. The van der Waals surface area contributed by atoms with Crippen molar-refractivity contribution in [2.45, 2.75) is 20.4 Å². The zero-order valence-electron chi connectivity index (χ0n) is 10.7. The van der Waals surface area contributed by atoms with Gasteiger partial charge in [-0.05, 0) is 58.6 Å². The standard InChI is InChI=1S/C14H14BrFN2O/c1-8-3-4-11(16)5-10(8)6-18-7-12(17)9(2)13(15)14(18)19/h3-5,7H,6,17H2,1-2H3. The van der Waals surface area contributed by atoms with Gasteiger partial charge in [0.05, 0.1) is 16.7 Å². The third-order valence-electron chi connectivity index (χ3n) is 3.16. The Labute approximate surface area is 119 Å². The molecule has 1 aromatic heterocycles. The summed E-state index contributed by atoms with van der Waals surface area (Å²) in [6, 6.07) is 4.54. The molecule has 0 bridgehead atoms. The first-order chi connectivity index (χ1) is 8.90. The fourth-order valence-electron chi connectivity index (χ4n) is 1.85. The number of pyridine rings is 1. The molecule has 2 aromatic rings. The van der Waals surface area contributed by atoms with Gasteiger partial charge in [-0.3, -0.25) is 4.79 Å². The van der Waals surface area contributed by atoms with E-state index in [0.717, 1.165) is 16.7 Å². The number of anilines is 1. The highest BCUT2D eigenvalue weighted by molar-refractivity contribution is 9.10. The SMILES string of the molecule is Cc1ccc(F)cc1Cn1cc(N)c(C)c(Br)c1=O. The number of hydrogen-bond acceptors (Lipinski definition) is 2. The lowest BCUT2D eigenvalue weighted by molar-refractivity contribution is 0.621. The van der Waals surface area contributed by atoms with Crippen LogP contribution in [0.2, 0.25) is 0 Å². The van der Waals surface area contributed by atoms with E-state index in [1.807, 2.05) is 6.92 Å². The summed E-state index contributed by atoms with van der Waals surface area (Å²) in [7, 11) is 0. The van der Waals surface area contributed by atoms with Gasteiger partial charge >= 0.3 is 0 Å². The van der Waals surface area contributed by atoms with Gasteiger partial charge < -0.3 is 10.3 Å². The molecule has 0 amide bonds. The average Bonchev–Trinajstić information content (AvgIpc) is 2.37. The maximum Gasteiger partial charge on any atom is 0.265 e. The van der Waals surface area contributed by atoms with Gasteiger partial charge in [0, 0.05) is 6.20 Å². The lowest BCUT2D eigenvalue weighted by Gasteiger charge is -2.12. The van der Waals surface area contributed by atoms with Crippen molar-refractivity contribution in [3.05, 3.63) is 61.7 Å². The zero-order chi connectivity index (χ0) is 14.2. The predicted molar refractivity (Wildman–Crippen MR) is 77.8 cm³/mol. The summed E-state index contributed by atoms with van der Waals surface area (Å²) in [5.41, 5.74) is 8.62. The Morgan fingerprint density at radius 1 is 1.37 bits per heavy atom. The first kappa shape index (κ1) is 13.8. The van der Waals surface area contributed by atoms with Gasteiger partial charge in [0.15, 0.2) is 0 Å². The van der Waals surface area contributed by atoms with Crippen LogP contribution in [-0.4, -0.2) is 4.57 Å². The minimum atomic E-state index is -0.312. The number of hydrogen-bond donors (Lipinski definition) is 1. The number of aromatic nitrogens is 1. The van der Waals surface area contributed by atoms with Crippen molar-refractivity contribution in [2.24, 2.45) is 0 Å². The van der Waals surface area contributed by atoms with E-state index in [-0.39, 0.29) is 11.4 Å². The molecule has 0 aliphatic rings. The van der Waals surface area contributed by atoms with Crippen molar-refractivity contribution in [3.63, 3.8) is 0 Å². The van der Waals surface area contributed by atoms with E-state index in [2.05, 4.69) is 15.9 Å². The van der Waals surface area contributed by atoms with Crippen LogP contribution < -0.4 is 11.3 Å². The summed E-state index contributed by atoms with van der Waals surface area (Å²) in [4.78, 5) is 12.1. The molecule has 2 N–H and O–H groups in total. The van der Waals surface area contributed by atoms with E-state index < -0.39 is 0 Å². The highest BCUT2D eigenvalue weighted by Gasteiger charge is 2.10. The van der Waals surface area contributed by atoms with E-state index >= 15 is 0 Å². The minimum Gasteiger partial charge on any atom is -0.397 e. The van der Waals surface area contributed by atoms with Crippen LogP contribution in [0.25, 0.3) is 0 Å². The average molecular weight is 325 g/mol. The van der Waals surface area contributed by atoms with Crippen LogP contribution in [0.15, 0.2) is 33.7 Å². The topological polar surface area (TPSA) is 48.0 Å². The highest BCUT2D eigenvalue weighted by atomic mass is 79.9. The second-order valence-corrected chi connectivity index (χ2v) is 5.32. The summed E-state index contributed by atoms with van der Waals surface area (Å²) < 4.78 is 15.2. The molecule has 19 heavy (non-hydrogen) atoms. The second-order valence-electron chi connectivity index (χ2n) is 4.53. The van der Waals surface area contributed by atoms with Gasteiger partial charge in [0.1, 0.15) is 5.82 Å². The fraction of sp³-hybridized carbons (Fsp3) is 0.214. The molecule has 1 aromatic carbocycles. The Morgan fingerprint density at radius 2 is 2.05 bits per heavy atom. The van der Waals surface area contributed by atoms with Crippen LogP contribution in [-0.2, 0) is 6.54 Å². The van der Waals surface area contributed by atoms with E-state index in [1.54, 1.807) is 19.2 Å². The highest BCUT2D eigenvalue weighted by Crippen LogP contribution is 2.18. The Balaban J connectivity index is 2.50. The number of benzene rings is 1. The summed E-state index contributed by atoms with van der Waals surface area (Å²) in [6.45, 7) is 3.95. The predicted octanol–water partition coefficient (Wildman–Crippen LogP) is 3.00. The minimum absolute atomic E-state index is 0.171. The van der Waals surface area contributed by atoms with Crippen molar-refractivity contribution in [1.82, 2.24) is 4.57 Å². The molecule has 0 unspecified atom stereocenters. The quantitative estimate of drug-likeness (QED) is 0.923. The lowest BCUT2D eigenvalue weighted by atomic mass is 10.1. The molecule has 5 heteroatoms.